The lowest BCUT2D eigenvalue weighted by atomic mass is 10.2. The van der Waals surface area contributed by atoms with Gasteiger partial charge in [-0.2, -0.15) is 31.3 Å². The molecule has 12 heteroatoms. The van der Waals surface area contributed by atoms with E-state index in [1.807, 2.05) is 0 Å². The maximum Gasteiger partial charge on any atom is 0.421 e. The Morgan fingerprint density at radius 2 is 1.72 bits per heavy atom. The predicted octanol–water partition coefficient (Wildman–Crippen LogP) is 5.52. The zero-order valence-electron chi connectivity index (χ0n) is 11.7. The molecular weight excluding hydrogens is 394 g/mol. The van der Waals surface area contributed by atoms with Gasteiger partial charge in [0.25, 0.3) is 0 Å². The Labute approximate surface area is 144 Å². The summed E-state index contributed by atoms with van der Waals surface area (Å²) in [6.45, 7) is 0. The van der Waals surface area contributed by atoms with Crippen LogP contribution >= 0.6 is 22.9 Å². The highest BCUT2D eigenvalue weighted by Crippen LogP contribution is 2.37. The van der Waals surface area contributed by atoms with E-state index in [1.165, 1.54) is 6.07 Å². The summed E-state index contributed by atoms with van der Waals surface area (Å²) in [6, 6.07) is 2.88. The smallest absolute Gasteiger partial charge is 0.316 e. The van der Waals surface area contributed by atoms with E-state index in [2.05, 4.69) is 20.3 Å². The summed E-state index contributed by atoms with van der Waals surface area (Å²) in [6.07, 6.45) is -8.78. The molecule has 132 valence electrons. The summed E-state index contributed by atoms with van der Waals surface area (Å²) in [5, 5.41) is 1.86. The van der Waals surface area contributed by atoms with E-state index in [9.17, 15) is 26.3 Å². The van der Waals surface area contributed by atoms with Gasteiger partial charge in [0.1, 0.15) is 11.4 Å². The second-order valence-corrected chi connectivity index (χ2v) is 6.09. The van der Waals surface area contributed by atoms with Crippen molar-refractivity contribution in [2.75, 3.05) is 5.32 Å². The van der Waals surface area contributed by atoms with Crippen LogP contribution in [0.5, 0.6) is 0 Å². The van der Waals surface area contributed by atoms with Crippen molar-refractivity contribution < 1.29 is 26.3 Å². The molecule has 2 heterocycles. The molecule has 0 aliphatic carbocycles. The molecule has 25 heavy (non-hydrogen) atoms. The fourth-order valence-corrected chi connectivity index (χ4v) is 2.90. The summed E-state index contributed by atoms with van der Waals surface area (Å²) in [7, 11) is 0. The second kappa shape index (κ2) is 5.99. The summed E-state index contributed by atoms with van der Waals surface area (Å²) in [4.78, 5) is 10.6. The lowest BCUT2D eigenvalue weighted by Gasteiger charge is -2.11. The van der Waals surface area contributed by atoms with Crippen LogP contribution in [0, 0.1) is 0 Å². The van der Waals surface area contributed by atoms with Crippen LogP contribution in [0.3, 0.4) is 0 Å². The minimum Gasteiger partial charge on any atom is -0.316 e. The van der Waals surface area contributed by atoms with Crippen LogP contribution in [-0.4, -0.2) is 15.0 Å². The highest BCUT2D eigenvalue weighted by atomic mass is 35.5. The van der Waals surface area contributed by atoms with Gasteiger partial charge in [-0.25, -0.2) is 9.97 Å². The van der Waals surface area contributed by atoms with Crippen LogP contribution in [0.15, 0.2) is 24.4 Å². The first-order valence-corrected chi connectivity index (χ1v) is 7.58. The molecule has 0 aliphatic rings. The molecule has 0 radical (unpaired) electrons. The van der Waals surface area contributed by atoms with E-state index in [1.54, 1.807) is 0 Å². The number of hydrogen-bond donors (Lipinski definition) is 1. The number of benzene rings is 1. The molecule has 3 rings (SSSR count). The molecule has 0 atom stereocenters. The Bertz CT molecular complexity index is 936. The zero-order valence-corrected chi connectivity index (χ0v) is 13.3. The minimum atomic E-state index is -4.74. The van der Waals surface area contributed by atoms with Crippen molar-refractivity contribution in [3.8, 4) is 0 Å². The number of anilines is 2. The molecular formula is C13H5ClF6N4S. The van der Waals surface area contributed by atoms with Crippen LogP contribution in [-0.2, 0) is 12.4 Å². The lowest BCUT2D eigenvalue weighted by Crippen LogP contribution is -2.11. The third-order valence-corrected chi connectivity index (χ3v) is 4.14. The fraction of sp³-hybridized carbons (Fsp3) is 0.154. The summed E-state index contributed by atoms with van der Waals surface area (Å²) in [5.74, 6) is -0.636. The van der Waals surface area contributed by atoms with Crippen LogP contribution in [0.4, 0.5) is 37.3 Å². The lowest BCUT2D eigenvalue weighted by molar-refractivity contribution is -0.138. The standard InChI is InChI=1S/C13H5ClF6N4S/c14-10-21-4-6(13(18,19)20)9(23-10)24-11-22-7-3-5(12(15,16)17)1-2-8(7)25-11/h1-4H,(H,21,22,23,24). The van der Waals surface area contributed by atoms with Gasteiger partial charge < -0.3 is 5.32 Å². The topological polar surface area (TPSA) is 50.7 Å². The largest absolute Gasteiger partial charge is 0.421 e. The van der Waals surface area contributed by atoms with E-state index < -0.39 is 34.6 Å². The first-order chi connectivity index (χ1) is 11.5. The molecule has 4 nitrogen and oxygen atoms in total. The van der Waals surface area contributed by atoms with Gasteiger partial charge in [0.05, 0.1) is 15.8 Å². The van der Waals surface area contributed by atoms with Gasteiger partial charge in [-0.05, 0) is 29.8 Å². The first kappa shape index (κ1) is 17.7. The van der Waals surface area contributed by atoms with Crippen LogP contribution < -0.4 is 5.32 Å². The third kappa shape index (κ3) is 3.76. The number of thiazole rings is 1. The van der Waals surface area contributed by atoms with Crippen molar-refractivity contribution in [3.63, 3.8) is 0 Å². The van der Waals surface area contributed by atoms with Crippen LogP contribution in [0.1, 0.15) is 11.1 Å². The maximum absolute atomic E-state index is 13.0. The third-order valence-electron chi connectivity index (χ3n) is 3.00. The number of halogens is 7. The molecule has 0 bridgehead atoms. The van der Waals surface area contributed by atoms with Crippen molar-refractivity contribution in [1.29, 1.82) is 0 Å². The van der Waals surface area contributed by atoms with E-state index in [4.69, 9.17) is 11.6 Å². The molecule has 0 fully saturated rings. The Hall–Kier alpha value is -2.14. The van der Waals surface area contributed by atoms with Crippen LogP contribution in [0.2, 0.25) is 5.28 Å². The van der Waals surface area contributed by atoms with Gasteiger partial charge in [0.2, 0.25) is 5.28 Å². The average molecular weight is 399 g/mol. The van der Waals surface area contributed by atoms with Gasteiger partial charge in [0, 0.05) is 6.20 Å². The fourth-order valence-electron chi connectivity index (χ4n) is 1.92. The van der Waals surface area contributed by atoms with Crippen molar-refractivity contribution >= 4 is 44.1 Å². The van der Waals surface area contributed by atoms with Crippen molar-refractivity contribution in [2.24, 2.45) is 0 Å². The Morgan fingerprint density at radius 1 is 1.00 bits per heavy atom. The van der Waals surface area contributed by atoms with Crippen LogP contribution in [0.25, 0.3) is 10.2 Å². The molecule has 0 spiro atoms. The summed E-state index contributed by atoms with van der Waals surface area (Å²) >= 11 is 6.39. The highest BCUT2D eigenvalue weighted by molar-refractivity contribution is 7.22. The van der Waals surface area contributed by atoms with Gasteiger partial charge in [-0.1, -0.05) is 11.3 Å². The molecule has 1 N–H and O–H groups in total. The molecule has 2 aromatic heterocycles. The monoisotopic (exact) mass is 398 g/mol. The molecule has 0 saturated heterocycles. The number of nitrogens with zero attached hydrogens (tertiary/aromatic N) is 3. The van der Waals surface area contributed by atoms with E-state index in [-0.39, 0.29) is 10.6 Å². The Kier molecular flexibility index (Phi) is 4.23. The summed E-state index contributed by atoms with van der Waals surface area (Å²) < 4.78 is 77.4. The predicted molar refractivity (Wildman–Crippen MR) is 79.9 cm³/mol. The molecule has 3 aromatic rings. The number of rotatable bonds is 2. The minimum absolute atomic E-state index is 0.00367. The number of hydrogen-bond acceptors (Lipinski definition) is 5. The first-order valence-electron chi connectivity index (χ1n) is 6.38. The molecule has 0 unspecified atom stereocenters. The molecule has 0 aliphatic heterocycles. The Morgan fingerprint density at radius 3 is 2.36 bits per heavy atom. The van der Waals surface area contributed by atoms with Crippen molar-refractivity contribution in [1.82, 2.24) is 15.0 Å². The average Bonchev–Trinajstić information content (AvgIpc) is 2.86. The highest BCUT2D eigenvalue weighted by Gasteiger charge is 2.35. The Balaban J connectivity index is 2.00. The van der Waals surface area contributed by atoms with Gasteiger partial charge in [-0.15, -0.1) is 0 Å². The number of nitrogens with one attached hydrogen (secondary N) is 1. The normalized spacial score (nSPS) is 12.6. The molecule has 1 aromatic carbocycles. The number of alkyl halides is 6. The van der Waals surface area contributed by atoms with Gasteiger partial charge in [0.15, 0.2) is 5.13 Å². The maximum atomic E-state index is 13.0. The van der Waals surface area contributed by atoms with Gasteiger partial charge >= 0.3 is 12.4 Å². The van der Waals surface area contributed by atoms with Gasteiger partial charge in [-0.3, -0.25) is 0 Å². The summed E-state index contributed by atoms with van der Waals surface area (Å²) in [5.41, 5.74) is -2.08. The second-order valence-electron chi connectivity index (χ2n) is 4.72. The van der Waals surface area contributed by atoms with E-state index >= 15 is 0 Å². The van der Waals surface area contributed by atoms with Crippen molar-refractivity contribution in [3.05, 3.63) is 40.8 Å². The zero-order chi connectivity index (χ0) is 18.4. The SMILES string of the molecule is FC(F)(F)c1ccc2sc(Nc3nc(Cl)ncc3C(F)(F)F)nc2c1. The van der Waals surface area contributed by atoms with E-state index in [0.717, 1.165) is 23.5 Å². The number of aromatic nitrogens is 3. The van der Waals surface area contributed by atoms with Crippen molar-refractivity contribution in [2.45, 2.75) is 12.4 Å². The quantitative estimate of drug-likeness (QED) is 0.456. The molecule has 0 amide bonds. The number of fused-ring (bicyclic) bond motifs is 1. The van der Waals surface area contributed by atoms with E-state index in [0.29, 0.717) is 10.9 Å². The molecule has 0 saturated carbocycles.